The van der Waals surface area contributed by atoms with E-state index in [1.54, 1.807) is 43.9 Å². The molecule has 0 radical (unpaired) electrons. The second kappa shape index (κ2) is 13.0. The second-order valence-corrected chi connectivity index (χ2v) is 16.0. The van der Waals surface area contributed by atoms with Gasteiger partial charge in [-0.05, 0) is 66.5 Å². The van der Waals surface area contributed by atoms with E-state index in [2.05, 4.69) is 31.9 Å². The van der Waals surface area contributed by atoms with E-state index < -0.39 is 62.1 Å². The smallest absolute Gasteiger partial charge is 0.259 e. The number of hydrogen-bond donors (Lipinski definition) is 3. The molecule has 0 bridgehead atoms. The number of benzene rings is 1. The molecule has 1 aromatic carbocycles. The van der Waals surface area contributed by atoms with Gasteiger partial charge in [0.15, 0.2) is 0 Å². The maximum atomic E-state index is 14.5. The second-order valence-electron chi connectivity index (χ2n) is 14.1. The van der Waals surface area contributed by atoms with E-state index in [-0.39, 0.29) is 25.3 Å². The molecule has 1 aliphatic heterocycles. The summed E-state index contributed by atoms with van der Waals surface area (Å²) in [4.78, 5) is 52.3. The van der Waals surface area contributed by atoms with Crippen LogP contribution in [0.4, 0.5) is 5.69 Å². The van der Waals surface area contributed by atoms with E-state index >= 15 is 0 Å². The number of methoxy groups -OCH3 is 1. The van der Waals surface area contributed by atoms with Crippen molar-refractivity contribution in [2.45, 2.75) is 75.4 Å². The first kappa shape index (κ1) is 34.2. The number of anilines is 1. The summed E-state index contributed by atoms with van der Waals surface area (Å²) in [6, 6.07) is 9.10. The van der Waals surface area contributed by atoms with Gasteiger partial charge >= 0.3 is 0 Å². The van der Waals surface area contributed by atoms with Gasteiger partial charge in [-0.15, -0.1) is 6.58 Å². The number of carbonyl (C=O) groups excluding carboxylic acids is 3. The molecule has 3 aromatic rings. The van der Waals surface area contributed by atoms with Gasteiger partial charge < -0.3 is 25.0 Å². The summed E-state index contributed by atoms with van der Waals surface area (Å²) in [5.74, 6) is -1.20. The first-order valence-corrected chi connectivity index (χ1v) is 17.9. The number of aromatic nitrogens is 2. The van der Waals surface area contributed by atoms with Gasteiger partial charge in [0.1, 0.15) is 29.5 Å². The fourth-order valence-corrected chi connectivity index (χ4v) is 7.69. The lowest BCUT2D eigenvalue weighted by Gasteiger charge is -2.36. The van der Waals surface area contributed by atoms with Crippen LogP contribution in [-0.4, -0.2) is 83.6 Å². The van der Waals surface area contributed by atoms with Crippen molar-refractivity contribution in [3.05, 3.63) is 67.6 Å². The molecule has 14 heteroatoms. The Labute approximate surface area is 285 Å². The molecule has 2 saturated carbocycles. The van der Waals surface area contributed by atoms with Crippen LogP contribution in [0.25, 0.3) is 10.8 Å². The van der Waals surface area contributed by atoms with Gasteiger partial charge in [0.05, 0.1) is 24.6 Å². The maximum absolute atomic E-state index is 14.5. The Morgan fingerprint density at radius 3 is 2.55 bits per heavy atom. The predicted molar refractivity (Wildman–Crippen MR) is 183 cm³/mol. The van der Waals surface area contributed by atoms with Crippen molar-refractivity contribution in [2.75, 3.05) is 19.0 Å². The zero-order valence-electron chi connectivity index (χ0n) is 28.0. The van der Waals surface area contributed by atoms with Crippen LogP contribution in [0.5, 0.6) is 11.6 Å². The topological polar surface area (TPSA) is 169 Å². The lowest BCUT2D eigenvalue weighted by molar-refractivity contribution is -0.141. The zero-order valence-corrected chi connectivity index (χ0v) is 28.8. The monoisotopic (exact) mass is 690 g/mol. The molecule has 3 heterocycles. The van der Waals surface area contributed by atoms with Crippen molar-refractivity contribution >= 4 is 44.2 Å². The molecule has 1 saturated heterocycles. The van der Waals surface area contributed by atoms with Gasteiger partial charge in [-0.3, -0.25) is 24.1 Å². The Bertz CT molecular complexity index is 1880. The molecule has 2 aliphatic carbocycles. The minimum Gasteiger partial charge on any atom is -0.497 e. The number of nitrogens with zero attached hydrogens (tertiary/aromatic N) is 3. The molecule has 0 unspecified atom stereocenters. The van der Waals surface area contributed by atoms with Crippen molar-refractivity contribution in [3.8, 4) is 11.6 Å². The van der Waals surface area contributed by atoms with E-state index in [0.717, 1.165) is 10.8 Å². The normalized spacial score (nSPS) is 24.1. The highest BCUT2D eigenvalue weighted by Gasteiger charge is 2.62. The van der Waals surface area contributed by atoms with Crippen LogP contribution in [0.3, 0.4) is 0 Å². The first-order chi connectivity index (χ1) is 23.3. The third-order valence-electron chi connectivity index (χ3n) is 9.40. The fourth-order valence-electron chi connectivity index (χ4n) is 6.33. The van der Waals surface area contributed by atoms with Crippen LogP contribution < -0.4 is 24.8 Å². The summed E-state index contributed by atoms with van der Waals surface area (Å²) in [7, 11) is -2.28. The van der Waals surface area contributed by atoms with Gasteiger partial charge in [0.25, 0.3) is 5.91 Å². The number of amides is 3. The van der Waals surface area contributed by atoms with E-state index in [1.165, 1.54) is 11.0 Å². The average Bonchev–Trinajstić information content (AvgIpc) is 4.00. The van der Waals surface area contributed by atoms with E-state index in [4.69, 9.17) is 9.47 Å². The number of pyridine rings is 2. The van der Waals surface area contributed by atoms with Gasteiger partial charge in [-0.25, -0.2) is 13.4 Å². The number of sulfonamides is 1. The molecule has 3 N–H and O–H groups in total. The first-order valence-electron chi connectivity index (χ1n) is 16.3. The predicted octanol–water partition coefficient (Wildman–Crippen LogP) is 3.18. The number of ether oxygens (including phenoxy) is 2. The summed E-state index contributed by atoms with van der Waals surface area (Å²) in [6.07, 6.45) is 7.02. The standard InChI is InChI=1S/C35H42N6O7S/c1-6-22-18-35(22,33(44)40-49(45,46)26-10-11-26)39-30(42)28-17-25(48-31-27-12-9-24(47-5)16-21(27)13-15-37-31)20-41(28)32(43)29(34(2,3)4)38-23-8-7-14-36-19-23/h6-9,12-16,19,22,25-26,28-29,38H,1,10-11,17-18,20H2,2-5H3,(H,39,42)(H,40,44)/t22-,25-,28+,29-,35-/m1/s1. The van der Waals surface area contributed by atoms with Crippen molar-refractivity contribution < 1.29 is 32.3 Å². The molecular weight excluding hydrogens is 648 g/mol. The number of hydrogen-bond acceptors (Lipinski definition) is 10. The lowest BCUT2D eigenvalue weighted by Crippen LogP contribution is -2.58. The molecule has 5 atom stereocenters. The van der Waals surface area contributed by atoms with Crippen LogP contribution >= 0.6 is 0 Å². The van der Waals surface area contributed by atoms with Crippen LogP contribution in [0.1, 0.15) is 46.5 Å². The minimum atomic E-state index is -3.86. The Kier molecular flexibility index (Phi) is 9.03. The number of rotatable bonds is 12. The van der Waals surface area contributed by atoms with Crippen LogP contribution in [0.2, 0.25) is 0 Å². The van der Waals surface area contributed by atoms with Crippen molar-refractivity contribution in [1.82, 2.24) is 24.9 Å². The lowest BCUT2D eigenvalue weighted by atomic mass is 9.85. The van der Waals surface area contributed by atoms with E-state index in [0.29, 0.717) is 30.2 Å². The Morgan fingerprint density at radius 1 is 1.14 bits per heavy atom. The number of carbonyl (C=O) groups is 3. The molecule has 3 amide bonds. The highest BCUT2D eigenvalue weighted by Crippen LogP contribution is 2.45. The van der Waals surface area contributed by atoms with Crippen molar-refractivity contribution in [2.24, 2.45) is 11.3 Å². The van der Waals surface area contributed by atoms with Crippen LogP contribution in [0.15, 0.2) is 67.6 Å². The number of fused-ring (bicyclic) bond motifs is 1. The minimum absolute atomic E-state index is 0.0621. The summed E-state index contributed by atoms with van der Waals surface area (Å²) < 4.78 is 39.3. The molecule has 260 valence electrons. The molecule has 13 nitrogen and oxygen atoms in total. The Morgan fingerprint density at radius 2 is 1.92 bits per heavy atom. The summed E-state index contributed by atoms with van der Waals surface area (Å²) in [5, 5.41) is 7.10. The van der Waals surface area contributed by atoms with E-state index in [1.807, 2.05) is 39.0 Å². The summed E-state index contributed by atoms with van der Waals surface area (Å²) in [6.45, 7) is 9.61. The van der Waals surface area contributed by atoms with Crippen molar-refractivity contribution in [1.29, 1.82) is 0 Å². The average molecular weight is 691 g/mol. The highest BCUT2D eigenvalue weighted by atomic mass is 32.2. The molecule has 0 spiro atoms. The number of likely N-dealkylation sites (tertiary alicyclic amines) is 1. The van der Waals surface area contributed by atoms with Gasteiger partial charge in [-0.2, -0.15) is 0 Å². The Hall–Kier alpha value is -4.72. The maximum Gasteiger partial charge on any atom is 0.259 e. The molecule has 3 aliphatic rings. The van der Waals surface area contributed by atoms with Crippen LogP contribution in [-0.2, 0) is 24.4 Å². The fraction of sp³-hybridized carbons (Fsp3) is 0.457. The Balaban J connectivity index is 1.29. The van der Waals surface area contributed by atoms with Gasteiger partial charge in [0.2, 0.25) is 27.7 Å². The third-order valence-corrected chi connectivity index (χ3v) is 11.2. The number of nitrogens with one attached hydrogen (secondary N) is 3. The largest absolute Gasteiger partial charge is 0.497 e. The van der Waals surface area contributed by atoms with Crippen molar-refractivity contribution in [3.63, 3.8) is 0 Å². The quantitative estimate of drug-likeness (QED) is 0.240. The van der Waals surface area contributed by atoms with Gasteiger partial charge in [-0.1, -0.05) is 26.8 Å². The molecule has 3 fully saturated rings. The summed E-state index contributed by atoms with van der Waals surface area (Å²) >= 11 is 0. The molecule has 6 rings (SSSR count). The third kappa shape index (κ3) is 7.05. The molecule has 2 aromatic heterocycles. The van der Waals surface area contributed by atoms with Gasteiger partial charge in [0, 0.05) is 36.3 Å². The zero-order chi connectivity index (χ0) is 35.1. The van der Waals surface area contributed by atoms with E-state index in [9.17, 15) is 22.8 Å². The molecule has 49 heavy (non-hydrogen) atoms. The highest BCUT2D eigenvalue weighted by molar-refractivity contribution is 7.91. The molecular formula is C35H42N6O7S. The summed E-state index contributed by atoms with van der Waals surface area (Å²) in [5.41, 5.74) is -1.45. The van der Waals surface area contributed by atoms with Crippen LogP contribution in [0, 0.1) is 11.3 Å². The SMILES string of the molecule is C=C[C@@H]1C[C@]1(NC(=O)[C@@H]1C[C@@H](Oc2nccc3cc(OC)ccc23)CN1C(=O)[C@@H](Nc1cccnc1)C(C)(C)C)C(=O)NS(=O)(=O)C1CC1.